The predicted molar refractivity (Wildman–Crippen MR) is 71.8 cm³/mol. The van der Waals surface area contributed by atoms with E-state index in [2.05, 4.69) is 28.6 Å². The van der Waals surface area contributed by atoms with E-state index in [0.29, 0.717) is 0 Å². The number of rotatable bonds is 9. The second-order valence-corrected chi connectivity index (χ2v) is 4.55. The number of aromatic nitrogens is 3. The van der Waals surface area contributed by atoms with Crippen molar-refractivity contribution >= 4 is 12.2 Å². The molecule has 0 fully saturated rings. The van der Waals surface area contributed by atoms with Crippen molar-refractivity contribution in [3.05, 3.63) is 10.6 Å². The minimum Gasteiger partial charge on any atom is -0.381 e. The van der Waals surface area contributed by atoms with Crippen LogP contribution in [0.2, 0.25) is 0 Å². The van der Waals surface area contributed by atoms with Gasteiger partial charge in [0.1, 0.15) is 5.82 Å². The summed E-state index contributed by atoms with van der Waals surface area (Å²) in [5.41, 5.74) is 0. The van der Waals surface area contributed by atoms with Crippen LogP contribution >= 0.6 is 12.2 Å². The Morgan fingerprint density at radius 2 is 2.00 bits per heavy atom. The van der Waals surface area contributed by atoms with Gasteiger partial charge in [-0.15, -0.1) is 0 Å². The molecule has 0 atom stereocenters. The summed E-state index contributed by atoms with van der Waals surface area (Å²) in [4.78, 5) is 0. The second kappa shape index (κ2) is 8.42. The van der Waals surface area contributed by atoms with Gasteiger partial charge in [-0.05, 0) is 31.5 Å². The molecule has 1 N–H and O–H groups in total. The maximum absolute atomic E-state index is 5.53. The Morgan fingerprint density at radius 3 is 2.71 bits per heavy atom. The molecule has 17 heavy (non-hydrogen) atoms. The average Bonchev–Trinajstić information content (AvgIpc) is 2.66. The Kier molecular flexibility index (Phi) is 7.12. The van der Waals surface area contributed by atoms with Crippen molar-refractivity contribution in [2.24, 2.45) is 0 Å². The molecule has 0 spiro atoms. The number of ether oxygens (including phenoxy) is 1. The number of aromatic amines is 1. The largest absolute Gasteiger partial charge is 0.381 e. The van der Waals surface area contributed by atoms with Crippen LogP contribution in [-0.4, -0.2) is 28.0 Å². The summed E-state index contributed by atoms with van der Waals surface area (Å²) < 4.78 is 8.34. The molecule has 0 amide bonds. The SMILES string of the molecule is CCCCOCCCn1c(CCC)n[nH]c1=S. The van der Waals surface area contributed by atoms with Crippen molar-refractivity contribution in [3.63, 3.8) is 0 Å². The molecular formula is C12H23N3OS. The zero-order chi connectivity index (χ0) is 12.5. The van der Waals surface area contributed by atoms with Crippen LogP contribution < -0.4 is 0 Å². The molecule has 0 saturated carbocycles. The fourth-order valence-corrected chi connectivity index (χ4v) is 1.91. The molecule has 4 nitrogen and oxygen atoms in total. The quantitative estimate of drug-likeness (QED) is 0.546. The van der Waals surface area contributed by atoms with Crippen LogP contribution in [0.3, 0.4) is 0 Å². The van der Waals surface area contributed by atoms with E-state index in [9.17, 15) is 0 Å². The highest BCUT2D eigenvalue weighted by molar-refractivity contribution is 7.71. The van der Waals surface area contributed by atoms with Crippen LogP contribution in [0, 0.1) is 4.77 Å². The maximum atomic E-state index is 5.53. The Balaban J connectivity index is 2.30. The van der Waals surface area contributed by atoms with Crippen molar-refractivity contribution in [2.75, 3.05) is 13.2 Å². The third-order valence-corrected chi connectivity index (χ3v) is 2.94. The first-order valence-corrected chi connectivity index (χ1v) is 6.92. The Morgan fingerprint density at radius 1 is 1.24 bits per heavy atom. The van der Waals surface area contributed by atoms with Crippen molar-refractivity contribution < 1.29 is 4.74 Å². The molecule has 0 saturated heterocycles. The minimum atomic E-state index is 0.724. The number of H-pyrrole nitrogens is 1. The summed E-state index contributed by atoms with van der Waals surface area (Å²) in [6.45, 7) is 6.89. The molecule has 0 unspecified atom stereocenters. The summed E-state index contributed by atoms with van der Waals surface area (Å²) in [5, 5.41) is 7.10. The van der Waals surface area contributed by atoms with Gasteiger partial charge in [0.15, 0.2) is 4.77 Å². The maximum Gasteiger partial charge on any atom is 0.195 e. The van der Waals surface area contributed by atoms with Gasteiger partial charge < -0.3 is 9.30 Å². The molecular weight excluding hydrogens is 234 g/mol. The molecule has 1 aromatic rings. The van der Waals surface area contributed by atoms with Crippen molar-refractivity contribution in [3.8, 4) is 0 Å². The third-order valence-electron chi connectivity index (χ3n) is 2.62. The van der Waals surface area contributed by atoms with E-state index in [1.807, 2.05) is 0 Å². The lowest BCUT2D eigenvalue weighted by Crippen LogP contribution is -2.07. The van der Waals surface area contributed by atoms with Crippen molar-refractivity contribution in [1.29, 1.82) is 0 Å². The van der Waals surface area contributed by atoms with E-state index >= 15 is 0 Å². The monoisotopic (exact) mass is 257 g/mol. The summed E-state index contributed by atoms with van der Waals surface area (Å²) in [6, 6.07) is 0. The standard InChI is InChI=1S/C12H23N3OS/c1-3-5-9-16-10-6-8-15-11(7-4-2)13-14-12(15)17/h3-10H2,1-2H3,(H,14,17). The van der Waals surface area contributed by atoms with Gasteiger partial charge in [-0.3, -0.25) is 5.10 Å². The molecule has 98 valence electrons. The van der Waals surface area contributed by atoms with Crippen LogP contribution in [0.25, 0.3) is 0 Å². The number of nitrogens with zero attached hydrogens (tertiary/aromatic N) is 2. The topological polar surface area (TPSA) is 42.8 Å². The average molecular weight is 257 g/mol. The van der Waals surface area contributed by atoms with E-state index in [-0.39, 0.29) is 0 Å². The lowest BCUT2D eigenvalue weighted by molar-refractivity contribution is 0.125. The number of hydrogen-bond acceptors (Lipinski definition) is 3. The molecule has 1 heterocycles. The van der Waals surface area contributed by atoms with Gasteiger partial charge >= 0.3 is 0 Å². The van der Waals surface area contributed by atoms with Crippen LogP contribution in [0.4, 0.5) is 0 Å². The van der Waals surface area contributed by atoms with E-state index in [1.54, 1.807) is 0 Å². The van der Waals surface area contributed by atoms with Crippen molar-refractivity contribution in [2.45, 2.75) is 52.5 Å². The van der Waals surface area contributed by atoms with Gasteiger partial charge in [0.05, 0.1) is 0 Å². The highest BCUT2D eigenvalue weighted by atomic mass is 32.1. The molecule has 0 aliphatic heterocycles. The summed E-state index contributed by atoms with van der Waals surface area (Å²) >= 11 is 5.21. The Hall–Kier alpha value is -0.680. The first kappa shape index (κ1) is 14.4. The van der Waals surface area contributed by atoms with Gasteiger partial charge in [-0.2, -0.15) is 5.10 Å². The first-order chi connectivity index (χ1) is 8.29. The number of unbranched alkanes of at least 4 members (excludes halogenated alkanes) is 1. The fourth-order valence-electron chi connectivity index (χ4n) is 1.67. The molecule has 0 radical (unpaired) electrons. The molecule has 1 aromatic heterocycles. The lowest BCUT2D eigenvalue weighted by Gasteiger charge is -2.06. The normalized spacial score (nSPS) is 10.9. The zero-order valence-electron chi connectivity index (χ0n) is 10.9. The molecule has 0 aliphatic carbocycles. The predicted octanol–water partition coefficient (Wildman–Crippen LogP) is 3.10. The van der Waals surface area contributed by atoms with E-state index in [4.69, 9.17) is 17.0 Å². The number of aryl methyl sites for hydroxylation is 1. The van der Waals surface area contributed by atoms with E-state index < -0.39 is 0 Å². The molecule has 5 heteroatoms. The minimum absolute atomic E-state index is 0.724. The van der Waals surface area contributed by atoms with Gasteiger partial charge in [-0.25, -0.2) is 0 Å². The van der Waals surface area contributed by atoms with Crippen LogP contribution in [0.5, 0.6) is 0 Å². The first-order valence-electron chi connectivity index (χ1n) is 6.51. The summed E-state index contributed by atoms with van der Waals surface area (Å²) in [6.07, 6.45) is 5.39. The zero-order valence-corrected chi connectivity index (χ0v) is 11.7. The van der Waals surface area contributed by atoms with E-state index in [1.165, 1.54) is 6.42 Å². The number of hydrogen-bond donors (Lipinski definition) is 1. The van der Waals surface area contributed by atoms with Crippen molar-refractivity contribution in [1.82, 2.24) is 14.8 Å². The van der Waals surface area contributed by atoms with Gasteiger partial charge in [-0.1, -0.05) is 20.3 Å². The third kappa shape index (κ3) is 5.00. The second-order valence-electron chi connectivity index (χ2n) is 4.17. The summed E-state index contributed by atoms with van der Waals surface area (Å²) in [5.74, 6) is 1.06. The van der Waals surface area contributed by atoms with Gasteiger partial charge in [0, 0.05) is 26.2 Å². The van der Waals surface area contributed by atoms with Crippen LogP contribution in [0.1, 0.15) is 45.4 Å². The van der Waals surface area contributed by atoms with Crippen LogP contribution in [-0.2, 0) is 17.7 Å². The summed E-state index contributed by atoms with van der Waals surface area (Å²) in [7, 11) is 0. The molecule has 0 bridgehead atoms. The Bertz CT molecular complexity index is 359. The smallest absolute Gasteiger partial charge is 0.195 e. The molecule has 1 rings (SSSR count). The molecule has 0 aliphatic rings. The Labute approximate surface area is 108 Å². The van der Waals surface area contributed by atoms with Gasteiger partial charge in [0.25, 0.3) is 0 Å². The van der Waals surface area contributed by atoms with Crippen LogP contribution in [0.15, 0.2) is 0 Å². The fraction of sp³-hybridized carbons (Fsp3) is 0.833. The number of nitrogens with one attached hydrogen (secondary N) is 1. The molecule has 0 aromatic carbocycles. The highest BCUT2D eigenvalue weighted by Crippen LogP contribution is 2.03. The lowest BCUT2D eigenvalue weighted by atomic mass is 10.3. The van der Waals surface area contributed by atoms with Gasteiger partial charge in [0.2, 0.25) is 0 Å². The highest BCUT2D eigenvalue weighted by Gasteiger charge is 2.04. The van der Waals surface area contributed by atoms with E-state index in [0.717, 1.165) is 56.0 Å².